The summed E-state index contributed by atoms with van der Waals surface area (Å²) in [5.41, 5.74) is 1.33. The van der Waals surface area contributed by atoms with Crippen LogP contribution in [0.5, 0.6) is 5.75 Å². The van der Waals surface area contributed by atoms with Gasteiger partial charge in [0, 0.05) is 4.88 Å². The quantitative estimate of drug-likeness (QED) is 0.759. The summed E-state index contributed by atoms with van der Waals surface area (Å²) in [5.74, 6) is 0.559. The molecule has 0 fully saturated rings. The molecule has 2 heterocycles. The molecule has 2 aromatic heterocycles. The van der Waals surface area contributed by atoms with Crippen molar-refractivity contribution in [3.05, 3.63) is 57.0 Å². The van der Waals surface area contributed by atoms with Crippen molar-refractivity contribution in [1.82, 2.24) is 9.55 Å². The molecule has 1 N–H and O–H groups in total. The van der Waals surface area contributed by atoms with Crippen molar-refractivity contribution in [2.24, 2.45) is 0 Å². The second-order valence-corrected chi connectivity index (χ2v) is 6.97. The molecule has 0 bridgehead atoms. The number of aryl methyl sites for hydroxylation is 2. The summed E-state index contributed by atoms with van der Waals surface area (Å²) in [4.78, 5) is 18.7. The number of benzene rings is 1. The van der Waals surface area contributed by atoms with Crippen LogP contribution in [0.1, 0.15) is 16.0 Å². The normalized spacial score (nSPS) is 12.1. The first-order chi connectivity index (χ1) is 12.0. The van der Waals surface area contributed by atoms with Crippen LogP contribution in [0.25, 0.3) is 10.2 Å². The topological polar surface area (TPSA) is 88.1 Å². The maximum Gasteiger partial charge on any atom is 0.262 e. The van der Waals surface area contributed by atoms with Gasteiger partial charge in [-0.15, -0.1) is 11.3 Å². The molecule has 7 heteroatoms. The fourth-order valence-electron chi connectivity index (χ4n) is 2.50. The summed E-state index contributed by atoms with van der Waals surface area (Å²) in [7, 11) is 0. The van der Waals surface area contributed by atoms with Crippen LogP contribution >= 0.6 is 11.3 Å². The largest absolute Gasteiger partial charge is 0.491 e. The molecular weight excluding hydrogens is 338 g/mol. The molecule has 0 aliphatic heterocycles. The van der Waals surface area contributed by atoms with Gasteiger partial charge in [0.2, 0.25) is 0 Å². The number of aliphatic hydroxyl groups is 1. The number of nitriles is 1. The predicted octanol–water partition coefficient (Wildman–Crippen LogP) is 2.39. The van der Waals surface area contributed by atoms with Crippen molar-refractivity contribution < 1.29 is 9.84 Å². The average Bonchev–Trinajstić information content (AvgIpc) is 2.91. The number of hydrogen-bond acceptors (Lipinski definition) is 6. The molecule has 0 aliphatic rings. The molecule has 1 atom stereocenters. The molecule has 0 radical (unpaired) electrons. The average molecular weight is 355 g/mol. The van der Waals surface area contributed by atoms with E-state index in [9.17, 15) is 9.90 Å². The summed E-state index contributed by atoms with van der Waals surface area (Å²) >= 11 is 1.50. The zero-order valence-electron chi connectivity index (χ0n) is 13.9. The molecule has 1 aromatic carbocycles. The van der Waals surface area contributed by atoms with E-state index in [-0.39, 0.29) is 18.7 Å². The Bertz CT molecular complexity index is 999. The van der Waals surface area contributed by atoms with Gasteiger partial charge in [0.25, 0.3) is 5.56 Å². The Morgan fingerprint density at radius 3 is 2.76 bits per heavy atom. The van der Waals surface area contributed by atoms with E-state index in [1.807, 2.05) is 19.9 Å². The molecule has 128 valence electrons. The number of aromatic nitrogens is 2. The van der Waals surface area contributed by atoms with Crippen LogP contribution < -0.4 is 10.3 Å². The van der Waals surface area contributed by atoms with Crippen molar-refractivity contribution in [3.63, 3.8) is 0 Å². The summed E-state index contributed by atoms with van der Waals surface area (Å²) in [5, 5.41) is 19.6. The molecule has 0 spiro atoms. The van der Waals surface area contributed by atoms with E-state index in [2.05, 4.69) is 4.98 Å². The van der Waals surface area contributed by atoms with Gasteiger partial charge in [-0.1, -0.05) is 0 Å². The number of rotatable bonds is 5. The van der Waals surface area contributed by atoms with Crippen molar-refractivity contribution >= 4 is 21.6 Å². The Labute approximate surface area is 148 Å². The van der Waals surface area contributed by atoms with E-state index >= 15 is 0 Å². The zero-order chi connectivity index (χ0) is 18.0. The lowest BCUT2D eigenvalue weighted by atomic mass is 10.2. The van der Waals surface area contributed by atoms with Gasteiger partial charge >= 0.3 is 0 Å². The summed E-state index contributed by atoms with van der Waals surface area (Å²) in [6.07, 6.45) is 0.609. The monoisotopic (exact) mass is 355 g/mol. The molecule has 25 heavy (non-hydrogen) atoms. The van der Waals surface area contributed by atoms with Gasteiger partial charge in [0.15, 0.2) is 0 Å². The highest BCUT2D eigenvalue weighted by Gasteiger charge is 2.14. The number of aliphatic hydroxyl groups excluding tert-OH is 1. The van der Waals surface area contributed by atoms with E-state index < -0.39 is 6.10 Å². The summed E-state index contributed by atoms with van der Waals surface area (Å²) < 4.78 is 6.91. The van der Waals surface area contributed by atoms with Gasteiger partial charge in [0.1, 0.15) is 23.3 Å². The van der Waals surface area contributed by atoms with Gasteiger partial charge in [-0.05, 0) is 43.7 Å². The number of thiophene rings is 1. The van der Waals surface area contributed by atoms with Gasteiger partial charge < -0.3 is 9.84 Å². The van der Waals surface area contributed by atoms with Gasteiger partial charge in [-0.25, -0.2) is 4.98 Å². The van der Waals surface area contributed by atoms with E-state index in [1.165, 1.54) is 22.2 Å². The van der Waals surface area contributed by atoms with Crippen LogP contribution in [0.3, 0.4) is 0 Å². The van der Waals surface area contributed by atoms with Crippen molar-refractivity contribution in [1.29, 1.82) is 5.26 Å². The molecule has 3 aromatic rings. The molecule has 3 rings (SSSR count). The van der Waals surface area contributed by atoms with Crippen LogP contribution in [0, 0.1) is 25.2 Å². The van der Waals surface area contributed by atoms with Crippen molar-refractivity contribution in [2.75, 3.05) is 6.61 Å². The Morgan fingerprint density at radius 2 is 2.08 bits per heavy atom. The molecule has 0 saturated heterocycles. The minimum atomic E-state index is -0.854. The minimum absolute atomic E-state index is 0.0397. The highest BCUT2D eigenvalue weighted by atomic mass is 32.1. The Hall–Kier alpha value is -2.69. The Morgan fingerprint density at radius 1 is 1.36 bits per heavy atom. The standard InChI is InChI=1S/C18H17N3O3S/c1-11-12(2)25-17-16(11)18(23)21(10-20-17)8-14(22)9-24-15-5-3-13(7-19)4-6-15/h3-6,10,14,22H,8-9H2,1-2H3/t14-/m1/s1. The fourth-order valence-corrected chi connectivity index (χ4v) is 3.49. The zero-order valence-corrected chi connectivity index (χ0v) is 14.7. The fraction of sp³-hybridized carbons (Fsp3) is 0.278. The lowest BCUT2D eigenvalue weighted by molar-refractivity contribution is 0.0915. The number of fused-ring (bicyclic) bond motifs is 1. The Balaban J connectivity index is 1.70. The van der Waals surface area contributed by atoms with E-state index in [1.54, 1.807) is 24.3 Å². The highest BCUT2D eigenvalue weighted by Crippen LogP contribution is 2.25. The van der Waals surface area contributed by atoms with Crippen LogP contribution in [-0.2, 0) is 6.54 Å². The third-order valence-electron chi connectivity index (χ3n) is 3.99. The summed E-state index contributed by atoms with van der Waals surface area (Å²) in [6.45, 7) is 4.02. The van der Waals surface area contributed by atoms with E-state index in [0.29, 0.717) is 16.7 Å². The van der Waals surface area contributed by atoms with Crippen molar-refractivity contribution in [2.45, 2.75) is 26.5 Å². The first-order valence-electron chi connectivity index (χ1n) is 7.75. The number of ether oxygens (including phenoxy) is 1. The third kappa shape index (κ3) is 3.55. The lowest BCUT2D eigenvalue weighted by Gasteiger charge is -2.14. The molecule has 0 aliphatic carbocycles. The molecule has 0 amide bonds. The third-order valence-corrected chi connectivity index (χ3v) is 5.10. The summed E-state index contributed by atoms with van der Waals surface area (Å²) in [6, 6.07) is 8.66. The van der Waals surface area contributed by atoms with Crippen molar-refractivity contribution in [3.8, 4) is 11.8 Å². The van der Waals surface area contributed by atoms with E-state index in [4.69, 9.17) is 10.00 Å². The van der Waals surface area contributed by atoms with Gasteiger partial charge in [-0.2, -0.15) is 5.26 Å². The SMILES string of the molecule is Cc1sc2ncn(C[C@@H](O)COc3ccc(C#N)cc3)c(=O)c2c1C. The van der Waals surface area contributed by atoms with Gasteiger partial charge in [-0.3, -0.25) is 9.36 Å². The second kappa shape index (κ2) is 7.05. The van der Waals surface area contributed by atoms with Crippen LogP contribution in [0.15, 0.2) is 35.4 Å². The maximum absolute atomic E-state index is 12.6. The lowest BCUT2D eigenvalue weighted by Crippen LogP contribution is -2.30. The van der Waals surface area contributed by atoms with Gasteiger partial charge in [0.05, 0.1) is 29.9 Å². The molecular formula is C18H17N3O3S. The first-order valence-corrected chi connectivity index (χ1v) is 8.57. The second-order valence-electron chi connectivity index (χ2n) is 5.77. The first kappa shape index (κ1) is 17.1. The number of hydrogen-bond donors (Lipinski definition) is 1. The predicted molar refractivity (Wildman–Crippen MR) is 96.0 cm³/mol. The van der Waals surface area contributed by atoms with Crippen LogP contribution in [0.4, 0.5) is 0 Å². The highest BCUT2D eigenvalue weighted by molar-refractivity contribution is 7.18. The van der Waals surface area contributed by atoms with Crippen LogP contribution in [-0.4, -0.2) is 27.4 Å². The van der Waals surface area contributed by atoms with E-state index in [0.717, 1.165) is 15.3 Å². The molecule has 0 unspecified atom stereocenters. The maximum atomic E-state index is 12.6. The van der Waals surface area contributed by atoms with Crippen LogP contribution in [0.2, 0.25) is 0 Å². The smallest absolute Gasteiger partial charge is 0.262 e. The minimum Gasteiger partial charge on any atom is -0.491 e. The number of nitrogens with zero attached hydrogens (tertiary/aromatic N) is 3. The Kier molecular flexibility index (Phi) is 4.83. The molecule has 6 nitrogen and oxygen atoms in total. The molecule has 0 saturated carbocycles.